The summed E-state index contributed by atoms with van der Waals surface area (Å²) in [5, 5.41) is 13.9. The van der Waals surface area contributed by atoms with E-state index in [9.17, 15) is 14.5 Å². The van der Waals surface area contributed by atoms with Crippen LogP contribution in [0.1, 0.15) is 39.5 Å². The predicted molar refractivity (Wildman–Crippen MR) is 70.3 cm³/mol. The normalized spacial score (nSPS) is 10.7. The van der Waals surface area contributed by atoms with E-state index in [1.807, 2.05) is 13.8 Å². The van der Waals surface area contributed by atoms with Gasteiger partial charge in [-0.15, -0.1) is 0 Å². The Hall–Kier alpha value is -1.65. The molecule has 0 aliphatic heterocycles. The molecule has 0 aliphatic carbocycles. The van der Waals surface area contributed by atoms with Crippen LogP contribution < -0.4 is 5.32 Å². The zero-order chi connectivity index (χ0) is 13.5. The fourth-order valence-corrected chi connectivity index (χ4v) is 2.00. The Labute approximate surface area is 106 Å². The SMILES string of the molecule is CCCC(CCC)Nc1c(F)cccc1[N+](=O)[O-]. The van der Waals surface area contributed by atoms with Crippen LogP contribution in [-0.4, -0.2) is 11.0 Å². The smallest absolute Gasteiger partial charge is 0.295 e. The summed E-state index contributed by atoms with van der Waals surface area (Å²) in [6.07, 6.45) is 3.67. The van der Waals surface area contributed by atoms with Crippen molar-refractivity contribution in [2.75, 3.05) is 5.32 Å². The van der Waals surface area contributed by atoms with E-state index in [2.05, 4.69) is 5.32 Å². The second-order valence-electron chi connectivity index (χ2n) is 4.31. The molecule has 0 aromatic heterocycles. The average Bonchev–Trinajstić information content (AvgIpc) is 2.32. The van der Waals surface area contributed by atoms with Crippen molar-refractivity contribution in [3.63, 3.8) is 0 Å². The van der Waals surface area contributed by atoms with Gasteiger partial charge in [-0.05, 0) is 18.9 Å². The lowest BCUT2D eigenvalue weighted by Crippen LogP contribution is -2.20. The molecular formula is C13H19FN2O2. The van der Waals surface area contributed by atoms with Gasteiger partial charge in [-0.25, -0.2) is 4.39 Å². The van der Waals surface area contributed by atoms with Crippen LogP contribution in [0, 0.1) is 15.9 Å². The Morgan fingerprint density at radius 1 is 1.33 bits per heavy atom. The lowest BCUT2D eigenvalue weighted by molar-refractivity contribution is -0.384. The zero-order valence-corrected chi connectivity index (χ0v) is 10.8. The van der Waals surface area contributed by atoms with E-state index >= 15 is 0 Å². The third-order valence-electron chi connectivity index (χ3n) is 2.81. The molecule has 0 atom stereocenters. The third-order valence-corrected chi connectivity index (χ3v) is 2.81. The van der Waals surface area contributed by atoms with Gasteiger partial charge in [-0.1, -0.05) is 32.8 Å². The highest BCUT2D eigenvalue weighted by Crippen LogP contribution is 2.28. The summed E-state index contributed by atoms with van der Waals surface area (Å²) >= 11 is 0. The number of nitrogens with zero attached hydrogens (tertiary/aromatic N) is 1. The van der Waals surface area contributed by atoms with Crippen molar-refractivity contribution in [2.45, 2.75) is 45.6 Å². The fourth-order valence-electron chi connectivity index (χ4n) is 2.00. The first-order valence-corrected chi connectivity index (χ1v) is 6.29. The summed E-state index contributed by atoms with van der Waals surface area (Å²) < 4.78 is 13.7. The molecule has 0 saturated heterocycles. The molecule has 0 saturated carbocycles. The molecule has 4 nitrogen and oxygen atoms in total. The minimum Gasteiger partial charge on any atom is -0.374 e. The van der Waals surface area contributed by atoms with E-state index in [1.54, 1.807) is 0 Å². The van der Waals surface area contributed by atoms with E-state index < -0.39 is 10.7 Å². The Morgan fingerprint density at radius 2 is 1.94 bits per heavy atom. The Kier molecular flexibility index (Phi) is 5.55. The minimum absolute atomic E-state index is 0.00870. The second-order valence-corrected chi connectivity index (χ2v) is 4.31. The molecule has 0 bridgehead atoms. The standard InChI is InChI=1S/C13H19FN2O2/c1-3-6-10(7-4-2)15-13-11(14)8-5-9-12(13)16(17)18/h5,8-10,15H,3-4,6-7H2,1-2H3. The molecule has 100 valence electrons. The molecule has 0 amide bonds. The van der Waals surface area contributed by atoms with E-state index in [0.29, 0.717) is 0 Å². The Bertz CT molecular complexity index is 404. The first kappa shape index (κ1) is 14.4. The Balaban J connectivity index is 2.96. The number of halogens is 1. The van der Waals surface area contributed by atoms with Gasteiger partial charge in [0.1, 0.15) is 5.69 Å². The highest BCUT2D eigenvalue weighted by atomic mass is 19.1. The molecule has 1 aromatic carbocycles. The maximum atomic E-state index is 13.7. The predicted octanol–water partition coefficient (Wildman–Crippen LogP) is 4.11. The van der Waals surface area contributed by atoms with Crippen LogP contribution in [0.5, 0.6) is 0 Å². The van der Waals surface area contributed by atoms with Gasteiger partial charge in [-0.3, -0.25) is 10.1 Å². The quantitative estimate of drug-likeness (QED) is 0.588. The molecule has 1 N–H and O–H groups in total. The molecule has 0 aliphatic rings. The number of anilines is 1. The van der Waals surface area contributed by atoms with Crippen molar-refractivity contribution in [3.05, 3.63) is 34.1 Å². The monoisotopic (exact) mass is 254 g/mol. The summed E-state index contributed by atoms with van der Waals surface area (Å²) in [6.45, 7) is 4.08. The van der Waals surface area contributed by atoms with Crippen molar-refractivity contribution < 1.29 is 9.31 Å². The molecule has 0 spiro atoms. The number of nitro groups is 1. The molecule has 0 heterocycles. The maximum Gasteiger partial charge on any atom is 0.295 e. The molecule has 0 radical (unpaired) electrons. The molecule has 0 unspecified atom stereocenters. The zero-order valence-electron chi connectivity index (χ0n) is 10.8. The molecule has 18 heavy (non-hydrogen) atoms. The van der Waals surface area contributed by atoms with Crippen molar-refractivity contribution in [1.82, 2.24) is 0 Å². The van der Waals surface area contributed by atoms with Crippen LogP contribution in [-0.2, 0) is 0 Å². The van der Waals surface area contributed by atoms with Crippen molar-refractivity contribution in [2.24, 2.45) is 0 Å². The number of nitro benzene ring substituents is 1. The maximum absolute atomic E-state index is 13.7. The molecule has 1 rings (SSSR count). The number of benzene rings is 1. The largest absolute Gasteiger partial charge is 0.374 e. The number of hydrogen-bond acceptors (Lipinski definition) is 3. The lowest BCUT2D eigenvalue weighted by atomic mass is 10.1. The van der Waals surface area contributed by atoms with Crippen LogP contribution in [0.2, 0.25) is 0 Å². The van der Waals surface area contributed by atoms with Gasteiger partial charge in [0.25, 0.3) is 5.69 Å². The Morgan fingerprint density at radius 3 is 2.44 bits per heavy atom. The molecular weight excluding hydrogens is 235 g/mol. The molecule has 0 fully saturated rings. The number of nitrogens with one attached hydrogen (secondary N) is 1. The van der Waals surface area contributed by atoms with Crippen molar-refractivity contribution in [3.8, 4) is 0 Å². The van der Waals surface area contributed by atoms with Crippen molar-refractivity contribution >= 4 is 11.4 Å². The lowest BCUT2D eigenvalue weighted by Gasteiger charge is -2.18. The summed E-state index contributed by atoms with van der Waals surface area (Å²) in [4.78, 5) is 10.3. The summed E-state index contributed by atoms with van der Waals surface area (Å²) in [7, 11) is 0. The average molecular weight is 254 g/mol. The van der Waals surface area contributed by atoms with Gasteiger partial charge in [0, 0.05) is 12.1 Å². The van der Waals surface area contributed by atoms with Gasteiger partial charge in [-0.2, -0.15) is 0 Å². The van der Waals surface area contributed by atoms with Crippen molar-refractivity contribution in [1.29, 1.82) is 0 Å². The number of hydrogen-bond donors (Lipinski definition) is 1. The van der Waals surface area contributed by atoms with E-state index in [-0.39, 0.29) is 17.4 Å². The van der Waals surface area contributed by atoms with Crippen LogP contribution in [0.25, 0.3) is 0 Å². The molecule has 1 aromatic rings. The van der Waals surface area contributed by atoms with Crippen LogP contribution >= 0.6 is 0 Å². The van der Waals surface area contributed by atoms with E-state index in [1.165, 1.54) is 18.2 Å². The first-order valence-electron chi connectivity index (χ1n) is 6.29. The molecule has 5 heteroatoms. The summed E-state index contributed by atoms with van der Waals surface area (Å²) in [6, 6.07) is 3.99. The van der Waals surface area contributed by atoms with E-state index in [0.717, 1.165) is 25.7 Å². The van der Waals surface area contributed by atoms with Gasteiger partial charge in [0.05, 0.1) is 4.92 Å². The van der Waals surface area contributed by atoms with Gasteiger partial charge < -0.3 is 5.32 Å². The highest BCUT2D eigenvalue weighted by Gasteiger charge is 2.20. The van der Waals surface area contributed by atoms with Crippen LogP contribution in [0.4, 0.5) is 15.8 Å². The van der Waals surface area contributed by atoms with Crippen LogP contribution in [0.3, 0.4) is 0 Å². The first-order chi connectivity index (χ1) is 8.60. The third kappa shape index (κ3) is 3.68. The van der Waals surface area contributed by atoms with E-state index in [4.69, 9.17) is 0 Å². The highest BCUT2D eigenvalue weighted by molar-refractivity contribution is 5.62. The fraction of sp³-hybridized carbons (Fsp3) is 0.538. The van der Waals surface area contributed by atoms with Gasteiger partial charge in [0.2, 0.25) is 0 Å². The number of para-hydroxylation sites is 1. The second kappa shape index (κ2) is 6.93. The van der Waals surface area contributed by atoms with Gasteiger partial charge >= 0.3 is 0 Å². The number of rotatable bonds is 7. The van der Waals surface area contributed by atoms with Gasteiger partial charge in [0.15, 0.2) is 5.82 Å². The topological polar surface area (TPSA) is 55.2 Å². The summed E-state index contributed by atoms with van der Waals surface area (Å²) in [5.74, 6) is -0.568. The minimum atomic E-state index is -0.568. The van der Waals surface area contributed by atoms with Crippen LogP contribution in [0.15, 0.2) is 18.2 Å². The summed E-state index contributed by atoms with van der Waals surface area (Å²) in [5.41, 5.74) is -0.193.